The molecule has 1 heterocycles. The van der Waals surface area contributed by atoms with Crippen molar-refractivity contribution in [3.05, 3.63) is 34.1 Å². The predicted octanol–water partition coefficient (Wildman–Crippen LogP) is 0.726. The lowest BCUT2D eigenvalue weighted by Crippen LogP contribution is -2.50. The van der Waals surface area contributed by atoms with Crippen molar-refractivity contribution in [1.82, 2.24) is 0 Å². The Hall–Kier alpha value is -2.22. The van der Waals surface area contributed by atoms with Crippen LogP contribution in [-0.4, -0.2) is 34.6 Å². The van der Waals surface area contributed by atoms with Crippen molar-refractivity contribution in [1.29, 1.82) is 0 Å². The van der Waals surface area contributed by atoms with E-state index in [1.165, 1.54) is 4.90 Å². The summed E-state index contributed by atoms with van der Waals surface area (Å²) >= 11 is 0. The summed E-state index contributed by atoms with van der Waals surface area (Å²) < 4.78 is 13.2. The standard InChI is InChI=1S/C11H12FN3O4/c12-7-1-2-8(15(18)19)9(5-7)14-4-3-11(13,6-14)10(16)17/h1-2,5H,3-4,6,13H2,(H,16,17). The third kappa shape index (κ3) is 2.34. The van der Waals surface area contributed by atoms with Gasteiger partial charge in [0.15, 0.2) is 0 Å². The van der Waals surface area contributed by atoms with Crippen molar-refractivity contribution >= 4 is 17.3 Å². The zero-order valence-corrected chi connectivity index (χ0v) is 9.88. The van der Waals surface area contributed by atoms with Gasteiger partial charge in [-0.3, -0.25) is 14.9 Å². The molecule has 1 fully saturated rings. The number of hydrogen-bond acceptors (Lipinski definition) is 5. The van der Waals surface area contributed by atoms with Crippen molar-refractivity contribution in [2.75, 3.05) is 18.0 Å². The van der Waals surface area contributed by atoms with E-state index in [0.29, 0.717) is 0 Å². The molecule has 102 valence electrons. The number of hydrogen-bond donors (Lipinski definition) is 2. The molecule has 0 aliphatic carbocycles. The van der Waals surface area contributed by atoms with E-state index in [1.807, 2.05) is 0 Å². The Morgan fingerprint density at radius 3 is 2.79 bits per heavy atom. The number of aliphatic carboxylic acids is 1. The molecule has 1 atom stereocenters. The van der Waals surface area contributed by atoms with Gasteiger partial charge in [-0.2, -0.15) is 0 Å². The van der Waals surface area contributed by atoms with Crippen molar-refractivity contribution in [2.45, 2.75) is 12.0 Å². The topological polar surface area (TPSA) is 110 Å². The number of nitrogens with two attached hydrogens (primary N) is 1. The number of halogens is 1. The van der Waals surface area contributed by atoms with E-state index in [4.69, 9.17) is 10.8 Å². The Kier molecular flexibility index (Phi) is 3.11. The summed E-state index contributed by atoms with van der Waals surface area (Å²) in [6, 6.07) is 3.07. The SMILES string of the molecule is NC1(C(=O)O)CCN(c2cc(F)ccc2[N+](=O)[O-])C1. The molecular weight excluding hydrogens is 257 g/mol. The number of nitro benzene ring substituents is 1. The molecule has 7 nitrogen and oxygen atoms in total. The second-order valence-corrected chi connectivity index (χ2v) is 4.52. The zero-order valence-electron chi connectivity index (χ0n) is 9.88. The van der Waals surface area contributed by atoms with Gasteiger partial charge in [0, 0.05) is 25.2 Å². The van der Waals surface area contributed by atoms with Crippen LogP contribution in [0.2, 0.25) is 0 Å². The summed E-state index contributed by atoms with van der Waals surface area (Å²) in [5.41, 5.74) is 4.02. The quantitative estimate of drug-likeness (QED) is 0.618. The number of benzene rings is 1. The molecular formula is C11H12FN3O4. The summed E-state index contributed by atoms with van der Waals surface area (Å²) in [6.45, 7) is 0.139. The third-order valence-electron chi connectivity index (χ3n) is 3.20. The van der Waals surface area contributed by atoms with Crippen LogP contribution in [0.1, 0.15) is 6.42 Å². The number of carboxylic acids is 1. The average Bonchev–Trinajstić information content (AvgIpc) is 2.73. The molecule has 0 aromatic heterocycles. The Morgan fingerprint density at radius 1 is 1.58 bits per heavy atom. The molecule has 1 aromatic rings. The first-order chi connectivity index (χ1) is 8.83. The second-order valence-electron chi connectivity index (χ2n) is 4.52. The molecule has 1 unspecified atom stereocenters. The van der Waals surface area contributed by atoms with Gasteiger partial charge in [-0.25, -0.2) is 4.39 Å². The van der Waals surface area contributed by atoms with Crippen LogP contribution >= 0.6 is 0 Å². The zero-order chi connectivity index (χ0) is 14.2. The highest BCUT2D eigenvalue weighted by molar-refractivity contribution is 5.81. The lowest BCUT2D eigenvalue weighted by Gasteiger charge is -2.21. The molecule has 1 aromatic carbocycles. The summed E-state index contributed by atoms with van der Waals surface area (Å²) in [5.74, 6) is -1.79. The minimum Gasteiger partial charge on any atom is -0.480 e. The Bertz CT molecular complexity index is 551. The Morgan fingerprint density at radius 2 is 2.26 bits per heavy atom. The van der Waals surface area contributed by atoms with E-state index in [2.05, 4.69) is 0 Å². The van der Waals surface area contributed by atoms with Crippen LogP contribution in [0.25, 0.3) is 0 Å². The summed E-state index contributed by atoms with van der Waals surface area (Å²) in [6.07, 6.45) is 0.149. The highest BCUT2D eigenvalue weighted by Gasteiger charge is 2.42. The fourth-order valence-electron chi connectivity index (χ4n) is 2.12. The lowest BCUT2D eigenvalue weighted by atomic mass is 10.0. The number of anilines is 1. The molecule has 19 heavy (non-hydrogen) atoms. The van der Waals surface area contributed by atoms with Crippen LogP contribution in [0.15, 0.2) is 18.2 Å². The van der Waals surface area contributed by atoms with Gasteiger partial charge in [-0.1, -0.05) is 0 Å². The molecule has 0 radical (unpaired) electrons. The number of nitrogens with zero attached hydrogens (tertiary/aromatic N) is 2. The van der Waals surface area contributed by atoms with E-state index in [1.54, 1.807) is 0 Å². The summed E-state index contributed by atoms with van der Waals surface area (Å²) in [4.78, 5) is 22.7. The summed E-state index contributed by atoms with van der Waals surface area (Å²) in [5, 5.41) is 19.9. The van der Waals surface area contributed by atoms with Gasteiger partial charge in [-0.15, -0.1) is 0 Å². The van der Waals surface area contributed by atoms with Crippen LogP contribution in [0.5, 0.6) is 0 Å². The molecule has 0 saturated carbocycles. The van der Waals surface area contributed by atoms with Crippen LogP contribution in [-0.2, 0) is 4.79 Å². The molecule has 8 heteroatoms. The van der Waals surface area contributed by atoms with Gasteiger partial charge in [0.25, 0.3) is 5.69 Å². The van der Waals surface area contributed by atoms with Crippen molar-refractivity contribution < 1.29 is 19.2 Å². The van der Waals surface area contributed by atoms with Crippen molar-refractivity contribution in [2.24, 2.45) is 5.73 Å². The first-order valence-electron chi connectivity index (χ1n) is 5.55. The van der Waals surface area contributed by atoms with Crippen molar-refractivity contribution in [3.63, 3.8) is 0 Å². The maximum atomic E-state index is 13.2. The first kappa shape index (κ1) is 13.2. The molecule has 0 spiro atoms. The van der Waals surface area contributed by atoms with Crippen LogP contribution < -0.4 is 10.6 Å². The summed E-state index contributed by atoms with van der Waals surface area (Å²) in [7, 11) is 0. The molecule has 2 rings (SSSR count). The monoisotopic (exact) mass is 269 g/mol. The Balaban J connectivity index is 2.36. The normalized spacial score (nSPS) is 22.5. The number of carboxylic acid groups (broad SMARTS) is 1. The number of nitro groups is 1. The highest BCUT2D eigenvalue weighted by atomic mass is 19.1. The predicted molar refractivity (Wildman–Crippen MR) is 64.4 cm³/mol. The second kappa shape index (κ2) is 4.47. The van der Waals surface area contributed by atoms with Gasteiger partial charge in [0.2, 0.25) is 0 Å². The molecule has 0 amide bonds. The van der Waals surface area contributed by atoms with E-state index >= 15 is 0 Å². The minimum atomic E-state index is -1.46. The van der Waals surface area contributed by atoms with Gasteiger partial charge < -0.3 is 15.7 Å². The molecule has 3 N–H and O–H groups in total. The smallest absolute Gasteiger partial charge is 0.325 e. The maximum absolute atomic E-state index is 13.2. The van der Waals surface area contributed by atoms with Crippen LogP contribution in [0.3, 0.4) is 0 Å². The Labute approximate surface area is 107 Å². The third-order valence-corrected chi connectivity index (χ3v) is 3.20. The molecule has 1 saturated heterocycles. The van der Waals surface area contributed by atoms with Gasteiger partial charge >= 0.3 is 5.97 Å². The molecule has 1 aliphatic rings. The molecule has 1 aliphatic heterocycles. The number of carbonyl (C=O) groups is 1. The highest BCUT2D eigenvalue weighted by Crippen LogP contribution is 2.33. The van der Waals surface area contributed by atoms with Gasteiger partial charge in [-0.05, 0) is 12.5 Å². The average molecular weight is 269 g/mol. The van der Waals surface area contributed by atoms with Crippen LogP contribution in [0.4, 0.5) is 15.8 Å². The van der Waals surface area contributed by atoms with E-state index < -0.39 is 22.2 Å². The minimum absolute atomic E-state index is 0.0542. The van der Waals surface area contributed by atoms with E-state index in [0.717, 1.165) is 18.2 Å². The first-order valence-corrected chi connectivity index (χ1v) is 5.55. The van der Waals surface area contributed by atoms with E-state index in [9.17, 15) is 19.3 Å². The largest absolute Gasteiger partial charge is 0.480 e. The number of rotatable bonds is 3. The van der Waals surface area contributed by atoms with Crippen molar-refractivity contribution in [3.8, 4) is 0 Å². The maximum Gasteiger partial charge on any atom is 0.325 e. The van der Waals surface area contributed by atoms with Gasteiger partial charge in [0.05, 0.1) is 4.92 Å². The molecule has 0 bridgehead atoms. The van der Waals surface area contributed by atoms with Gasteiger partial charge in [0.1, 0.15) is 17.0 Å². The fraction of sp³-hybridized carbons (Fsp3) is 0.364. The fourth-order valence-corrected chi connectivity index (χ4v) is 2.12. The van der Waals surface area contributed by atoms with Crippen LogP contribution in [0, 0.1) is 15.9 Å². The lowest BCUT2D eigenvalue weighted by molar-refractivity contribution is -0.384. The van der Waals surface area contributed by atoms with E-state index in [-0.39, 0.29) is 30.9 Å².